The van der Waals surface area contributed by atoms with Crippen LogP contribution in [0.5, 0.6) is 0 Å². The minimum atomic E-state index is -4.62. The molecule has 1 aliphatic rings. The Balaban J connectivity index is 2.06. The lowest BCUT2D eigenvalue weighted by molar-refractivity contribution is -0.138. The summed E-state index contributed by atoms with van der Waals surface area (Å²) >= 11 is 6.03. The van der Waals surface area contributed by atoms with Gasteiger partial charge in [-0.2, -0.15) is 13.2 Å². The van der Waals surface area contributed by atoms with Gasteiger partial charge in [-0.25, -0.2) is 0 Å². The minimum absolute atomic E-state index is 0.0414. The van der Waals surface area contributed by atoms with Gasteiger partial charge in [0.15, 0.2) is 5.78 Å². The maximum absolute atomic E-state index is 13.5. The van der Waals surface area contributed by atoms with E-state index in [4.69, 9.17) is 11.6 Å². The normalized spacial score (nSPS) is 14.4. The van der Waals surface area contributed by atoms with E-state index in [-0.39, 0.29) is 22.4 Å². The van der Waals surface area contributed by atoms with Gasteiger partial charge in [0, 0.05) is 30.4 Å². The van der Waals surface area contributed by atoms with Crippen molar-refractivity contribution >= 4 is 28.9 Å². The van der Waals surface area contributed by atoms with Gasteiger partial charge in [0.05, 0.1) is 16.2 Å². The van der Waals surface area contributed by atoms with E-state index in [2.05, 4.69) is 10.3 Å². The number of anilines is 1. The molecule has 1 aliphatic carbocycles. The van der Waals surface area contributed by atoms with Crippen LogP contribution in [0.15, 0.2) is 47.1 Å². The van der Waals surface area contributed by atoms with Gasteiger partial charge in [-0.15, -0.1) is 0 Å². The van der Waals surface area contributed by atoms with Crippen molar-refractivity contribution in [1.29, 1.82) is 0 Å². The average Bonchev–Trinajstić information content (AvgIpc) is 2.63. The molecule has 0 saturated carbocycles. The largest absolute Gasteiger partial charge is 0.416 e. The second-order valence-corrected chi connectivity index (χ2v) is 6.31. The molecule has 3 rings (SSSR count). The van der Waals surface area contributed by atoms with Crippen LogP contribution in [-0.4, -0.2) is 23.1 Å². The molecule has 4 nitrogen and oxygen atoms in total. The highest BCUT2D eigenvalue weighted by Gasteiger charge is 2.36. The summed E-state index contributed by atoms with van der Waals surface area (Å²) < 4.78 is 40.5. The van der Waals surface area contributed by atoms with E-state index in [1.54, 1.807) is 6.92 Å². The van der Waals surface area contributed by atoms with Crippen LogP contribution in [0.25, 0.3) is 0 Å². The number of Topliss-reactive ketones (excluding diaryl/α,β-unsaturated/α-hetero) is 2. The molecular formula is C19H14ClF3N2O2. The third-order valence-electron chi connectivity index (χ3n) is 4.17. The Labute approximate surface area is 158 Å². The van der Waals surface area contributed by atoms with Gasteiger partial charge >= 0.3 is 6.18 Å². The summed E-state index contributed by atoms with van der Waals surface area (Å²) in [4.78, 5) is 28.9. The Kier molecular flexibility index (Phi) is 5.06. The van der Waals surface area contributed by atoms with Crippen LogP contribution in [0.3, 0.4) is 0 Å². The highest BCUT2D eigenvalue weighted by atomic mass is 35.5. The molecule has 1 heterocycles. The lowest BCUT2D eigenvalue weighted by Crippen LogP contribution is -2.23. The molecule has 27 heavy (non-hydrogen) atoms. The van der Waals surface area contributed by atoms with Crippen LogP contribution in [-0.2, 0) is 12.6 Å². The summed E-state index contributed by atoms with van der Waals surface area (Å²) in [6.45, 7) is 2.23. The van der Waals surface area contributed by atoms with Crippen molar-refractivity contribution in [3.8, 4) is 0 Å². The average molecular weight is 395 g/mol. The number of nitrogens with zero attached hydrogens (tertiary/aromatic N) is 1. The first-order valence-electron chi connectivity index (χ1n) is 8.11. The molecule has 0 aliphatic heterocycles. The number of alkyl halides is 3. The van der Waals surface area contributed by atoms with E-state index >= 15 is 0 Å². The molecule has 0 saturated heterocycles. The zero-order valence-electron chi connectivity index (χ0n) is 14.2. The van der Waals surface area contributed by atoms with Gasteiger partial charge in [-0.1, -0.05) is 17.7 Å². The molecule has 0 spiro atoms. The van der Waals surface area contributed by atoms with Crippen LogP contribution < -0.4 is 5.32 Å². The molecule has 0 atom stereocenters. The monoisotopic (exact) mass is 394 g/mol. The van der Waals surface area contributed by atoms with Crippen LogP contribution in [0.1, 0.15) is 38.9 Å². The van der Waals surface area contributed by atoms with Gasteiger partial charge in [0.25, 0.3) is 0 Å². The molecule has 0 bridgehead atoms. The number of carbonyl (C=O) groups is 2. The summed E-state index contributed by atoms with van der Waals surface area (Å²) in [5, 5.41) is 2.43. The number of hydrogen-bond acceptors (Lipinski definition) is 4. The lowest BCUT2D eigenvalue weighted by Gasteiger charge is -2.19. The van der Waals surface area contributed by atoms with Gasteiger partial charge in [-0.05, 0) is 36.8 Å². The third-order valence-corrected chi connectivity index (χ3v) is 4.57. The Morgan fingerprint density at radius 2 is 1.89 bits per heavy atom. The fourth-order valence-corrected chi connectivity index (χ4v) is 3.17. The van der Waals surface area contributed by atoms with Gasteiger partial charge in [0.1, 0.15) is 5.69 Å². The van der Waals surface area contributed by atoms with Crippen LogP contribution in [0, 0.1) is 0 Å². The zero-order chi connectivity index (χ0) is 19.8. The third kappa shape index (κ3) is 3.60. The van der Waals surface area contributed by atoms with Crippen molar-refractivity contribution < 1.29 is 22.8 Å². The number of allylic oxidation sites excluding steroid dienone is 2. The summed E-state index contributed by atoms with van der Waals surface area (Å²) in [6.07, 6.45) is -3.67. The first kappa shape index (κ1) is 19.1. The fourth-order valence-electron chi connectivity index (χ4n) is 2.93. The number of ketones is 2. The van der Waals surface area contributed by atoms with Crippen molar-refractivity contribution in [2.75, 3.05) is 11.9 Å². The summed E-state index contributed by atoms with van der Waals surface area (Å²) in [6, 6.07) is 6.65. The Hall–Kier alpha value is -2.67. The highest BCUT2D eigenvalue weighted by molar-refractivity contribution is 6.49. The summed E-state index contributed by atoms with van der Waals surface area (Å²) in [5.74, 6) is -1.26. The van der Waals surface area contributed by atoms with Crippen LogP contribution in [0.2, 0.25) is 0 Å². The standard InChI is InChI=1S/C19H14ClF3N2O2/c1-2-24-11-6-5-10(14(9-11)19(21,22)23)8-13-15(20)18(27)16-12(17(13)26)4-3-7-25-16/h3-7,9,24H,2,8H2,1H3. The molecule has 0 fully saturated rings. The minimum Gasteiger partial charge on any atom is -0.385 e. The number of rotatable bonds is 4. The van der Waals surface area contributed by atoms with E-state index in [0.717, 1.165) is 6.07 Å². The Morgan fingerprint density at radius 3 is 2.56 bits per heavy atom. The summed E-state index contributed by atoms with van der Waals surface area (Å²) in [7, 11) is 0. The number of fused-ring (bicyclic) bond motifs is 1. The smallest absolute Gasteiger partial charge is 0.385 e. The highest BCUT2D eigenvalue weighted by Crippen LogP contribution is 2.37. The number of pyridine rings is 1. The molecule has 0 radical (unpaired) electrons. The number of carbonyl (C=O) groups excluding carboxylic acids is 2. The Morgan fingerprint density at radius 1 is 1.15 bits per heavy atom. The number of benzene rings is 1. The molecule has 0 unspecified atom stereocenters. The second kappa shape index (κ2) is 7.15. The van der Waals surface area contributed by atoms with E-state index in [1.165, 1.54) is 30.5 Å². The first-order chi connectivity index (χ1) is 12.7. The molecule has 0 amide bonds. The van der Waals surface area contributed by atoms with E-state index < -0.39 is 34.8 Å². The van der Waals surface area contributed by atoms with Gasteiger partial charge in [0.2, 0.25) is 5.78 Å². The van der Waals surface area contributed by atoms with Crippen molar-refractivity contribution in [2.45, 2.75) is 19.5 Å². The van der Waals surface area contributed by atoms with Gasteiger partial charge in [-0.3, -0.25) is 14.6 Å². The molecule has 1 N–H and O–H groups in total. The number of hydrogen-bond donors (Lipinski definition) is 1. The van der Waals surface area contributed by atoms with Crippen molar-refractivity contribution in [2.24, 2.45) is 0 Å². The predicted octanol–water partition coefficient (Wildman–Crippen LogP) is 4.65. The van der Waals surface area contributed by atoms with Crippen molar-refractivity contribution in [3.05, 3.63) is 69.5 Å². The van der Waals surface area contributed by atoms with Crippen LogP contribution in [0.4, 0.5) is 18.9 Å². The quantitative estimate of drug-likeness (QED) is 0.820. The van der Waals surface area contributed by atoms with Crippen LogP contribution >= 0.6 is 11.6 Å². The molecule has 2 aromatic rings. The lowest BCUT2D eigenvalue weighted by atomic mass is 9.88. The number of nitrogens with one attached hydrogen (secondary N) is 1. The first-order valence-corrected chi connectivity index (χ1v) is 8.49. The van der Waals surface area contributed by atoms with E-state index in [1.807, 2.05) is 0 Å². The molecule has 1 aromatic carbocycles. The topological polar surface area (TPSA) is 59.1 Å². The maximum Gasteiger partial charge on any atom is 0.416 e. The van der Waals surface area contributed by atoms with Crippen molar-refractivity contribution in [3.63, 3.8) is 0 Å². The zero-order valence-corrected chi connectivity index (χ0v) is 14.9. The predicted molar refractivity (Wildman–Crippen MR) is 95.1 cm³/mol. The van der Waals surface area contributed by atoms with Gasteiger partial charge < -0.3 is 5.32 Å². The molecule has 8 heteroatoms. The fraction of sp³-hybridized carbons (Fsp3) is 0.211. The number of aromatic nitrogens is 1. The molecule has 140 valence electrons. The molecule has 1 aromatic heterocycles. The van der Waals surface area contributed by atoms with E-state index in [0.29, 0.717) is 12.2 Å². The SMILES string of the molecule is CCNc1ccc(CC2=C(Cl)C(=O)c3ncccc3C2=O)c(C(F)(F)F)c1. The Bertz CT molecular complexity index is 968. The number of halogens is 4. The van der Waals surface area contributed by atoms with Crippen molar-refractivity contribution in [1.82, 2.24) is 4.98 Å². The van der Waals surface area contributed by atoms with E-state index in [9.17, 15) is 22.8 Å². The molecular weight excluding hydrogens is 381 g/mol. The summed E-state index contributed by atoms with van der Waals surface area (Å²) in [5.41, 5.74) is -0.909. The second-order valence-electron chi connectivity index (χ2n) is 5.93. The maximum atomic E-state index is 13.5.